The maximum Gasteiger partial charge on any atom is 0.254 e. The topological polar surface area (TPSA) is 40.6 Å². The Balaban J connectivity index is 1.58. The SMILES string of the molecule is C=CCN(CC(=O)N1CCc2sccc2C1c1ccc(Cl)cc1)C(=O)c1ccc(C(C)(C)C)cc1. The number of benzene rings is 2. The summed E-state index contributed by atoms with van der Waals surface area (Å²) in [4.78, 5) is 31.8. The van der Waals surface area contributed by atoms with Crippen LogP contribution in [0.15, 0.2) is 72.6 Å². The van der Waals surface area contributed by atoms with Crippen molar-refractivity contribution in [1.82, 2.24) is 9.80 Å². The molecule has 1 atom stereocenters. The van der Waals surface area contributed by atoms with Gasteiger partial charge in [-0.3, -0.25) is 9.59 Å². The number of carbonyl (C=O) groups is 2. The highest BCUT2D eigenvalue weighted by Gasteiger charge is 2.34. The van der Waals surface area contributed by atoms with Crippen LogP contribution in [0.1, 0.15) is 58.7 Å². The van der Waals surface area contributed by atoms with Gasteiger partial charge in [-0.25, -0.2) is 0 Å². The van der Waals surface area contributed by atoms with Gasteiger partial charge in [0.25, 0.3) is 5.91 Å². The average Bonchev–Trinajstić information content (AvgIpc) is 3.32. The van der Waals surface area contributed by atoms with Crippen molar-refractivity contribution in [3.63, 3.8) is 0 Å². The zero-order valence-electron chi connectivity index (χ0n) is 20.5. The fourth-order valence-electron chi connectivity index (χ4n) is 4.51. The fraction of sp³-hybridized carbons (Fsp3) is 0.310. The van der Waals surface area contributed by atoms with E-state index >= 15 is 0 Å². The smallest absolute Gasteiger partial charge is 0.254 e. The normalized spacial score (nSPS) is 15.4. The molecule has 4 rings (SSSR count). The zero-order valence-corrected chi connectivity index (χ0v) is 22.0. The van der Waals surface area contributed by atoms with E-state index in [-0.39, 0.29) is 29.8 Å². The third-order valence-corrected chi connectivity index (χ3v) is 7.68. The maximum absolute atomic E-state index is 13.7. The molecular formula is C29H31ClN2O2S. The Kier molecular flexibility index (Phi) is 7.48. The summed E-state index contributed by atoms with van der Waals surface area (Å²) < 4.78 is 0. The highest BCUT2D eigenvalue weighted by molar-refractivity contribution is 7.10. The Bertz CT molecular complexity index is 1210. The van der Waals surface area contributed by atoms with Crippen LogP contribution in [0.2, 0.25) is 5.02 Å². The molecule has 0 fully saturated rings. The number of halogens is 1. The van der Waals surface area contributed by atoms with Crippen LogP contribution in [0, 0.1) is 0 Å². The molecule has 0 spiro atoms. The summed E-state index contributed by atoms with van der Waals surface area (Å²) in [5.74, 6) is -0.252. The van der Waals surface area contributed by atoms with Crippen molar-refractivity contribution in [1.29, 1.82) is 0 Å². The molecule has 182 valence electrons. The lowest BCUT2D eigenvalue weighted by Crippen LogP contribution is -2.46. The maximum atomic E-state index is 13.7. The van der Waals surface area contributed by atoms with Gasteiger partial charge in [0.05, 0.1) is 6.04 Å². The molecule has 0 radical (unpaired) electrons. The number of amides is 2. The van der Waals surface area contributed by atoms with Crippen LogP contribution in [0.5, 0.6) is 0 Å². The number of fused-ring (bicyclic) bond motifs is 1. The van der Waals surface area contributed by atoms with Crippen LogP contribution in [-0.4, -0.2) is 41.2 Å². The van der Waals surface area contributed by atoms with Gasteiger partial charge in [0.15, 0.2) is 0 Å². The molecule has 1 aliphatic heterocycles. The van der Waals surface area contributed by atoms with Crippen molar-refractivity contribution in [2.75, 3.05) is 19.6 Å². The van der Waals surface area contributed by atoms with E-state index in [9.17, 15) is 9.59 Å². The Morgan fingerprint density at radius 1 is 1.11 bits per heavy atom. The first-order valence-electron chi connectivity index (χ1n) is 11.8. The van der Waals surface area contributed by atoms with Gasteiger partial charge in [-0.1, -0.05) is 62.7 Å². The standard InChI is InChI=1S/C29H31ClN2O2S/c1-5-16-31(28(34)21-6-10-22(11-7-21)29(2,3)4)19-26(33)32-17-14-25-24(15-18-35-25)27(32)20-8-12-23(30)13-9-20/h5-13,15,18,27H,1,14,16-17,19H2,2-4H3. The number of hydrogen-bond donors (Lipinski definition) is 0. The molecule has 3 aromatic rings. The minimum absolute atomic E-state index is 0.00377. The van der Waals surface area contributed by atoms with Gasteiger partial charge in [-0.2, -0.15) is 0 Å². The quantitative estimate of drug-likeness (QED) is 0.358. The minimum atomic E-state index is -0.193. The molecule has 0 saturated heterocycles. The van der Waals surface area contributed by atoms with Crippen LogP contribution < -0.4 is 0 Å². The summed E-state index contributed by atoms with van der Waals surface area (Å²) >= 11 is 7.85. The van der Waals surface area contributed by atoms with Crippen LogP contribution >= 0.6 is 22.9 Å². The summed E-state index contributed by atoms with van der Waals surface area (Å²) in [7, 11) is 0. The van der Waals surface area contributed by atoms with Crippen LogP contribution in [-0.2, 0) is 16.6 Å². The predicted molar refractivity (Wildman–Crippen MR) is 144 cm³/mol. The van der Waals surface area contributed by atoms with Crippen LogP contribution in [0.4, 0.5) is 0 Å². The molecule has 0 N–H and O–H groups in total. The van der Waals surface area contributed by atoms with Crippen LogP contribution in [0.25, 0.3) is 0 Å². The van der Waals surface area contributed by atoms with Crippen molar-refractivity contribution < 1.29 is 9.59 Å². The molecule has 0 aliphatic carbocycles. The largest absolute Gasteiger partial charge is 0.330 e. The first-order chi connectivity index (χ1) is 16.7. The Labute approximate surface area is 216 Å². The van der Waals surface area contributed by atoms with E-state index in [1.807, 2.05) is 53.4 Å². The Morgan fingerprint density at radius 2 is 1.80 bits per heavy atom. The monoisotopic (exact) mass is 506 g/mol. The summed E-state index contributed by atoms with van der Waals surface area (Å²) in [6.07, 6.45) is 2.48. The van der Waals surface area contributed by atoms with Crippen molar-refractivity contribution >= 4 is 34.8 Å². The molecule has 1 aromatic heterocycles. The third kappa shape index (κ3) is 5.52. The molecule has 0 saturated carbocycles. The summed E-state index contributed by atoms with van der Waals surface area (Å²) in [6, 6.07) is 17.2. The van der Waals surface area contributed by atoms with Crippen molar-refractivity contribution in [3.05, 3.63) is 105 Å². The van der Waals surface area contributed by atoms with E-state index in [0.717, 1.165) is 23.1 Å². The second-order valence-corrected chi connectivity index (χ2v) is 11.3. The number of carbonyl (C=O) groups excluding carboxylic acids is 2. The van der Waals surface area contributed by atoms with Crippen molar-refractivity contribution in [3.8, 4) is 0 Å². The minimum Gasteiger partial charge on any atom is -0.330 e. The first kappa shape index (κ1) is 25.2. The van der Waals surface area contributed by atoms with Crippen LogP contribution in [0.3, 0.4) is 0 Å². The Hall–Kier alpha value is -2.89. The second kappa shape index (κ2) is 10.4. The van der Waals surface area contributed by atoms with Gasteiger partial charge in [-0.15, -0.1) is 17.9 Å². The lowest BCUT2D eigenvalue weighted by atomic mass is 9.86. The molecular weight excluding hydrogens is 476 g/mol. The van der Waals surface area contributed by atoms with E-state index in [4.69, 9.17) is 11.6 Å². The van der Waals surface area contributed by atoms with Gasteiger partial charge in [0.1, 0.15) is 6.54 Å². The second-order valence-electron chi connectivity index (χ2n) is 9.89. The van der Waals surface area contributed by atoms with Crippen molar-refractivity contribution in [2.45, 2.75) is 38.6 Å². The van der Waals surface area contributed by atoms with E-state index in [2.05, 4.69) is 38.8 Å². The molecule has 2 amide bonds. The predicted octanol–water partition coefficient (Wildman–Crippen LogP) is 6.50. The highest BCUT2D eigenvalue weighted by Crippen LogP contribution is 2.38. The number of rotatable bonds is 6. The molecule has 2 heterocycles. The fourth-order valence-corrected chi connectivity index (χ4v) is 5.54. The molecule has 1 unspecified atom stereocenters. The highest BCUT2D eigenvalue weighted by atomic mass is 35.5. The number of hydrogen-bond acceptors (Lipinski definition) is 3. The first-order valence-corrected chi connectivity index (χ1v) is 13.1. The summed E-state index contributed by atoms with van der Waals surface area (Å²) in [5.41, 5.74) is 3.90. The molecule has 0 bridgehead atoms. The van der Waals surface area contributed by atoms with Gasteiger partial charge in [0.2, 0.25) is 5.91 Å². The molecule has 2 aromatic carbocycles. The van der Waals surface area contributed by atoms with E-state index in [0.29, 0.717) is 23.7 Å². The lowest BCUT2D eigenvalue weighted by molar-refractivity contribution is -0.133. The lowest BCUT2D eigenvalue weighted by Gasteiger charge is -2.37. The zero-order chi connectivity index (χ0) is 25.2. The molecule has 35 heavy (non-hydrogen) atoms. The molecule has 4 nitrogen and oxygen atoms in total. The van der Waals surface area contributed by atoms with Gasteiger partial charge < -0.3 is 9.80 Å². The average molecular weight is 507 g/mol. The van der Waals surface area contributed by atoms with Crippen molar-refractivity contribution in [2.24, 2.45) is 0 Å². The summed E-state index contributed by atoms with van der Waals surface area (Å²) in [6.45, 7) is 11.1. The van der Waals surface area contributed by atoms with E-state index < -0.39 is 0 Å². The van der Waals surface area contributed by atoms with E-state index in [1.165, 1.54) is 4.88 Å². The van der Waals surface area contributed by atoms with Gasteiger partial charge in [0, 0.05) is 28.6 Å². The number of nitrogens with zero attached hydrogens (tertiary/aromatic N) is 2. The number of thiophene rings is 1. The Morgan fingerprint density at radius 3 is 2.43 bits per heavy atom. The van der Waals surface area contributed by atoms with Gasteiger partial charge >= 0.3 is 0 Å². The van der Waals surface area contributed by atoms with Gasteiger partial charge in [-0.05, 0) is 64.2 Å². The molecule has 1 aliphatic rings. The summed E-state index contributed by atoms with van der Waals surface area (Å²) in [5, 5.41) is 2.74. The third-order valence-electron chi connectivity index (χ3n) is 6.43. The van der Waals surface area contributed by atoms with E-state index in [1.54, 1.807) is 22.3 Å². The molecule has 6 heteroatoms.